The number of hydrogen-bond acceptors (Lipinski definition) is 4. The van der Waals surface area contributed by atoms with Crippen LogP contribution in [0.1, 0.15) is 18.9 Å². The van der Waals surface area contributed by atoms with Gasteiger partial charge in [-0.2, -0.15) is 0 Å². The van der Waals surface area contributed by atoms with Gasteiger partial charge in [0.1, 0.15) is 5.82 Å². The molecule has 1 aliphatic heterocycles. The summed E-state index contributed by atoms with van der Waals surface area (Å²) in [5.41, 5.74) is 1.31. The molecule has 0 saturated carbocycles. The molecule has 1 aromatic heterocycles. The molecule has 0 spiro atoms. The van der Waals surface area contributed by atoms with E-state index >= 15 is 0 Å². The maximum atomic E-state index is 14.4. The van der Waals surface area contributed by atoms with Gasteiger partial charge in [0.2, 0.25) is 0 Å². The van der Waals surface area contributed by atoms with Crippen LogP contribution in [-0.4, -0.2) is 66.3 Å². The standard InChI is InChI=1S/C20H29FN6O.HI/c1-2-23-20(24-6-3-8-26-10-12-28-13-11-26)25-15-17-4-5-19(18(21)14-17)27-9-7-22-16-27;/h4-5,7,9,14,16H,2-3,6,8,10-13,15H2,1H3,(H2,23,24,25);1H. The zero-order valence-corrected chi connectivity index (χ0v) is 19.1. The molecule has 2 N–H and O–H groups in total. The molecule has 0 aliphatic carbocycles. The Bertz CT molecular complexity index is 749. The fraction of sp³-hybridized carbons (Fsp3) is 0.500. The molecule has 0 bridgehead atoms. The average Bonchev–Trinajstić information content (AvgIpc) is 3.24. The first kappa shape index (κ1) is 23.6. The van der Waals surface area contributed by atoms with Crippen molar-refractivity contribution in [3.05, 3.63) is 48.3 Å². The van der Waals surface area contributed by atoms with E-state index in [2.05, 4.69) is 25.5 Å². The molecule has 160 valence electrons. The number of halogens is 2. The van der Waals surface area contributed by atoms with Gasteiger partial charge in [-0.1, -0.05) is 6.07 Å². The van der Waals surface area contributed by atoms with E-state index < -0.39 is 0 Å². The van der Waals surface area contributed by atoms with Crippen LogP contribution in [0.3, 0.4) is 0 Å². The largest absolute Gasteiger partial charge is 0.379 e. The van der Waals surface area contributed by atoms with Gasteiger partial charge >= 0.3 is 0 Å². The fourth-order valence-corrected chi connectivity index (χ4v) is 3.11. The van der Waals surface area contributed by atoms with Gasteiger partial charge in [0.25, 0.3) is 0 Å². The predicted octanol–water partition coefficient (Wildman–Crippen LogP) is 2.41. The average molecular weight is 516 g/mol. The van der Waals surface area contributed by atoms with E-state index in [0.717, 1.165) is 63.9 Å². The van der Waals surface area contributed by atoms with Crippen molar-refractivity contribution in [2.75, 3.05) is 45.9 Å². The van der Waals surface area contributed by atoms with Crippen LogP contribution in [0.25, 0.3) is 5.69 Å². The van der Waals surface area contributed by atoms with E-state index in [1.807, 2.05) is 13.0 Å². The molecule has 7 nitrogen and oxygen atoms in total. The van der Waals surface area contributed by atoms with Crippen molar-refractivity contribution < 1.29 is 9.13 Å². The van der Waals surface area contributed by atoms with Gasteiger partial charge in [-0.15, -0.1) is 24.0 Å². The van der Waals surface area contributed by atoms with Gasteiger partial charge in [0, 0.05) is 38.6 Å². The fourth-order valence-electron chi connectivity index (χ4n) is 3.11. The molecular weight excluding hydrogens is 486 g/mol. The van der Waals surface area contributed by atoms with Crippen LogP contribution in [0.2, 0.25) is 0 Å². The summed E-state index contributed by atoms with van der Waals surface area (Å²) in [6.45, 7) is 8.80. The highest BCUT2D eigenvalue weighted by molar-refractivity contribution is 14.0. The molecule has 9 heteroatoms. The Balaban J connectivity index is 0.00000300. The number of benzene rings is 1. The van der Waals surface area contributed by atoms with Crippen LogP contribution in [0.15, 0.2) is 41.9 Å². The topological polar surface area (TPSA) is 66.7 Å². The molecule has 0 radical (unpaired) electrons. The highest BCUT2D eigenvalue weighted by Crippen LogP contribution is 2.15. The summed E-state index contributed by atoms with van der Waals surface area (Å²) in [5, 5.41) is 6.59. The maximum Gasteiger partial charge on any atom is 0.191 e. The number of hydrogen-bond donors (Lipinski definition) is 2. The Morgan fingerprint density at radius 3 is 2.79 bits per heavy atom. The number of imidazole rings is 1. The summed E-state index contributed by atoms with van der Waals surface area (Å²) in [5.74, 6) is 0.470. The van der Waals surface area contributed by atoms with E-state index in [9.17, 15) is 4.39 Å². The van der Waals surface area contributed by atoms with Gasteiger partial charge < -0.3 is 19.9 Å². The number of aliphatic imine (C=N–C) groups is 1. The Kier molecular flexibility index (Phi) is 10.4. The van der Waals surface area contributed by atoms with E-state index in [0.29, 0.717) is 12.2 Å². The third-order valence-corrected chi connectivity index (χ3v) is 4.61. The van der Waals surface area contributed by atoms with Gasteiger partial charge in [-0.05, 0) is 37.6 Å². The van der Waals surface area contributed by atoms with Gasteiger partial charge in [0.05, 0.1) is 31.8 Å². The number of aromatic nitrogens is 2. The second kappa shape index (κ2) is 12.8. The van der Waals surface area contributed by atoms with E-state index in [1.54, 1.807) is 29.4 Å². The summed E-state index contributed by atoms with van der Waals surface area (Å²) >= 11 is 0. The Morgan fingerprint density at radius 1 is 1.28 bits per heavy atom. The minimum atomic E-state index is -0.283. The molecule has 2 heterocycles. The monoisotopic (exact) mass is 516 g/mol. The van der Waals surface area contributed by atoms with Gasteiger partial charge in [-0.25, -0.2) is 14.4 Å². The van der Waals surface area contributed by atoms with E-state index in [-0.39, 0.29) is 29.8 Å². The minimum Gasteiger partial charge on any atom is -0.379 e. The van der Waals surface area contributed by atoms with E-state index in [1.165, 1.54) is 6.07 Å². The molecule has 1 fully saturated rings. The molecule has 1 aromatic carbocycles. The van der Waals surface area contributed by atoms with E-state index in [4.69, 9.17) is 4.74 Å². The first-order chi connectivity index (χ1) is 13.8. The number of ether oxygens (including phenoxy) is 1. The minimum absolute atomic E-state index is 0. The lowest BCUT2D eigenvalue weighted by Gasteiger charge is -2.26. The van der Waals surface area contributed by atoms with Crippen LogP contribution in [0.4, 0.5) is 4.39 Å². The first-order valence-corrected chi connectivity index (χ1v) is 9.85. The number of guanidine groups is 1. The molecule has 0 atom stereocenters. The van der Waals surface area contributed by atoms with Crippen molar-refractivity contribution in [1.29, 1.82) is 0 Å². The lowest BCUT2D eigenvalue weighted by molar-refractivity contribution is 0.0376. The molecular formula is C20H30FIN6O. The number of nitrogens with one attached hydrogen (secondary N) is 2. The van der Waals surface area contributed by atoms with Crippen molar-refractivity contribution in [2.45, 2.75) is 19.9 Å². The molecule has 0 unspecified atom stereocenters. The van der Waals surface area contributed by atoms with Crippen molar-refractivity contribution >= 4 is 29.9 Å². The van der Waals surface area contributed by atoms with Crippen molar-refractivity contribution in [3.8, 4) is 5.69 Å². The second-order valence-corrected chi connectivity index (χ2v) is 6.69. The predicted molar refractivity (Wildman–Crippen MR) is 124 cm³/mol. The van der Waals surface area contributed by atoms with Crippen molar-refractivity contribution in [1.82, 2.24) is 25.1 Å². The summed E-state index contributed by atoms with van der Waals surface area (Å²) in [4.78, 5) is 10.9. The zero-order chi connectivity index (χ0) is 19.6. The molecule has 1 saturated heterocycles. The summed E-state index contributed by atoms with van der Waals surface area (Å²) < 4.78 is 21.4. The number of nitrogens with zero attached hydrogens (tertiary/aromatic N) is 4. The highest BCUT2D eigenvalue weighted by Gasteiger charge is 2.09. The van der Waals surface area contributed by atoms with Crippen LogP contribution in [0, 0.1) is 5.82 Å². The maximum absolute atomic E-state index is 14.4. The quantitative estimate of drug-likeness (QED) is 0.244. The molecule has 0 amide bonds. The smallest absolute Gasteiger partial charge is 0.191 e. The summed E-state index contributed by atoms with van der Waals surface area (Å²) in [7, 11) is 0. The summed E-state index contributed by atoms with van der Waals surface area (Å²) in [6.07, 6.45) is 5.98. The Hall–Kier alpha value is -1.72. The van der Waals surface area contributed by atoms with Crippen LogP contribution < -0.4 is 10.6 Å². The number of rotatable bonds is 8. The molecule has 29 heavy (non-hydrogen) atoms. The lowest BCUT2D eigenvalue weighted by Crippen LogP contribution is -2.40. The molecule has 1 aliphatic rings. The van der Waals surface area contributed by atoms with Crippen LogP contribution >= 0.6 is 24.0 Å². The molecule has 3 rings (SSSR count). The van der Waals surface area contributed by atoms with Crippen LogP contribution in [-0.2, 0) is 11.3 Å². The number of morpholine rings is 1. The Morgan fingerprint density at radius 2 is 2.10 bits per heavy atom. The SMILES string of the molecule is CCNC(=NCc1ccc(-n2ccnc2)c(F)c1)NCCCN1CCOCC1.I. The summed E-state index contributed by atoms with van der Waals surface area (Å²) in [6, 6.07) is 5.18. The molecule has 2 aromatic rings. The normalized spacial score (nSPS) is 15.0. The first-order valence-electron chi connectivity index (χ1n) is 9.85. The van der Waals surface area contributed by atoms with Crippen molar-refractivity contribution in [3.63, 3.8) is 0 Å². The second-order valence-electron chi connectivity index (χ2n) is 6.69. The third-order valence-electron chi connectivity index (χ3n) is 4.61. The lowest BCUT2D eigenvalue weighted by atomic mass is 10.2. The zero-order valence-electron chi connectivity index (χ0n) is 16.8. The third kappa shape index (κ3) is 7.56. The van der Waals surface area contributed by atoms with Gasteiger partial charge in [-0.3, -0.25) is 4.90 Å². The van der Waals surface area contributed by atoms with Crippen LogP contribution in [0.5, 0.6) is 0 Å². The Labute approximate surface area is 188 Å². The van der Waals surface area contributed by atoms with Gasteiger partial charge in [0.15, 0.2) is 5.96 Å². The van der Waals surface area contributed by atoms with Crippen molar-refractivity contribution in [2.24, 2.45) is 4.99 Å². The highest BCUT2D eigenvalue weighted by atomic mass is 127.